The second-order valence-electron chi connectivity index (χ2n) is 8.15. The minimum absolute atomic E-state index is 0.0390. The average Bonchev–Trinajstić information content (AvgIpc) is 3.29. The predicted octanol–water partition coefficient (Wildman–Crippen LogP) is 2.96. The number of nitrogens with one attached hydrogen (secondary N) is 3. The van der Waals surface area contributed by atoms with E-state index >= 15 is 0 Å². The molecule has 0 bridgehead atoms. The van der Waals surface area contributed by atoms with Gasteiger partial charge in [-0.1, -0.05) is 36.4 Å². The molecule has 0 spiro atoms. The molecule has 1 fully saturated rings. The monoisotopic (exact) mass is 515 g/mol. The quantitative estimate of drug-likeness (QED) is 0.338. The Balaban J connectivity index is 1.70. The molecule has 4 N–H and O–H groups in total. The second kappa shape index (κ2) is 13.1. The number of carboxylic acid groups (broad SMARTS) is 1. The molecule has 0 radical (unpaired) electrons. The molecule has 186 valence electrons. The van der Waals surface area contributed by atoms with Crippen molar-refractivity contribution in [2.75, 3.05) is 18.6 Å². The summed E-state index contributed by atoms with van der Waals surface area (Å²) in [7, 11) is 0. The summed E-state index contributed by atoms with van der Waals surface area (Å²) in [6, 6.07) is 13.8. The SMILES string of the molecule is CSCCC(NC(=O)c1ccc(COC(=S)NCC2CCC(=O)N2)cc1-c1ccccc1)C(=O)O. The normalized spacial score (nSPS) is 15.7. The van der Waals surface area contributed by atoms with Crippen LogP contribution in [0, 0.1) is 0 Å². The van der Waals surface area contributed by atoms with Crippen LogP contribution >= 0.6 is 24.0 Å². The highest BCUT2D eigenvalue weighted by molar-refractivity contribution is 7.98. The number of amides is 2. The van der Waals surface area contributed by atoms with Gasteiger partial charge in [0.25, 0.3) is 11.1 Å². The molecular formula is C25H29N3O5S2. The first kappa shape index (κ1) is 26.5. The number of aliphatic carboxylic acids is 1. The lowest BCUT2D eigenvalue weighted by molar-refractivity contribution is -0.139. The first-order valence-electron chi connectivity index (χ1n) is 11.3. The standard InChI is InChI=1S/C25H29N3O5S2/c1-35-12-11-21(24(31)32)28-23(30)19-9-7-16(13-20(19)17-5-3-2-4-6-17)15-33-25(34)26-14-18-8-10-22(29)27-18/h2-7,9,13,18,21H,8,10-12,14-15H2,1H3,(H,26,34)(H,27,29)(H,28,30)(H,31,32). The third-order valence-electron chi connectivity index (χ3n) is 5.58. The first-order chi connectivity index (χ1) is 16.9. The van der Waals surface area contributed by atoms with E-state index in [1.807, 2.05) is 42.7 Å². The Morgan fingerprint density at radius 3 is 2.69 bits per heavy atom. The number of hydrogen-bond donors (Lipinski definition) is 4. The van der Waals surface area contributed by atoms with Crippen LogP contribution in [-0.4, -0.2) is 58.7 Å². The zero-order chi connectivity index (χ0) is 25.2. The predicted molar refractivity (Wildman–Crippen MR) is 140 cm³/mol. The van der Waals surface area contributed by atoms with Gasteiger partial charge in [-0.2, -0.15) is 11.8 Å². The molecule has 0 aliphatic carbocycles. The smallest absolute Gasteiger partial charge is 0.326 e. The molecule has 0 saturated carbocycles. The average molecular weight is 516 g/mol. The van der Waals surface area contributed by atoms with Crippen LogP contribution in [0.5, 0.6) is 0 Å². The molecule has 2 aromatic rings. The maximum atomic E-state index is 13.1. The molecule has 2 unspecified atom stereocenters. The number of ether oxygens (including phenoxy) is 1. The molecule has 1 aliphatic rings. The van der Waals surface area contributed by atoms with Crippen molar-refractivity contribution in [2.45, 2.75) is 38.0 Å². The van der Waals surface area contributed by atoms with E-state index in [0.29, 0.717) is 36.3 Å². The first-order valence-corrected chi connectivity index (χ1v) is 13.1. The van der Waals surface area contributed by atoms with Crippen LogP contribution < -0.4 is 16.0 Å². The molecule has 3 rings (SSSR count). The van der Waals surface area contributed by atoms with Crippen molar-refractivity contribution in [2.24, 2.45) is 0 Å². The molecular weight excluding hydrogens is 486 g/mol. The highest BCUT2D eigenvalue weighted by Crippen LogP contribution is 2.26. The van der Waals surface area contributed by atoms with E-state index in [0.717, 1.165) is 17.5 Å². The lowest BCUT2D eigenvalue weighted by atomic mass is 9.96. The van der Waals surface area contributed by atoms with Gasteiger partial charge in [0.15, 0.2) is 0 Å². The van der Waals surface area contributed by atoms with Crippen molar-refractivity contribution >= 4 is 46.9 Å². The van der Waals surface area contributed by atoms with Gasteiger partial charge in [0.05, 0.1) is 0 Å². The van der Waals surface area contributed by atoms with Crippen LogP contribution in [0.3, 0.4) is 0 Å². The van der Waals surface area contributed by atoms with E-state index in [9.17, 15) is 19.5 Å². The third kappa shape index (κ3) is 7.97. The minimum Gasteiger partial charge on any atom is -0.480 e. The zero-order valence-electron chi connectivity index (χ0n) is 19.4. The molecule has 35 heavy (non-hydrogen) atoms. The van der Waals surface area contributed by atoms with Gasteiger partial charge in [-0.05, 0) is 65.9 Å². The summed E-state index contributed by atoms with van der Waals surface area (Å²) < 4.78 is 5.67. The van der Waals surface area contributed by atoms with Gasteiger partial charge in [0, 0.05) is 24.6 Å². The largest absolute Gasteiger partial charge is 0.480 e. The van der Waals surface area contributed by atoms with Crippen molar-refractivity contribution < 1.29 is 24.2 Å². The minimum atomic E-state index is -1.06. The number of thiocarbonyl (C=S) groups is 1. The summed E-state index contributed by atoms with van der Waals surface area (Å²) >= 11 is 6.78. The molecule has 2 atom stereocenters. The molecule has 1 aliphatic heterocycles. The van der Waals surface area contributed by atoms with Crippen molar-refractivity contribution in [3.05, 3.63) is 59.7 Å². The fraction of sp³-hybridized carbons (Fsp3) is 0.360. The summed E-state index contributed by atoms with van der Waals surface area (Å²) in [5.41, 5.74) is 2.68. The molecule has 0 aromatic heterocycles. The van der Waals surface area contributed by atoms with Gasteiger partial charge in [-0.25, -0.2) is 4.79 Å². The number of carbonyl (C=O) groups is 3. The highest BCUT2D eigenvalue weighted by Gasteiger charge is 2.23. The highest BCUT2D eigenvalue weighted by atomic mass is 32.2. The topological polar surface area (TPSA) is 117 Å². The number of carboxylic acids is 1. The fourth-order valence-electron chi connectivity index (χ4n) is 3.70. The van der Waals surface area contributed by atoms with E-state index in [4.69, 9.17) is 17.0 Å². The van der Waals surface area contributed by atoms with Crippen molar-refractivity contribution in [3.63, 3.8) is 0 Å². The summed E-state index contributed by atoms with van der Waals surface area (Å²) in [5, 5.41) is 18.3. The number of thioether (sulfide) groups is 1. The second-order valence-corrected chi connectivity index (χ2v) is 9.51. The zero-order valence-corrected chi connectivity index (χ0v) is 21.0. The molecule has 1 saturated heterocycles. The molecule has 2 aromatic carbocycles. The Kier molecular flexibility index (Phi) is 9.92. The van der Waals surface area contributed by atoms with Crippen molar-refractivity contribution in [1.82, 2.24) is 16.0 Å². The van der Waals surface area contributed by atoms with Crippen molar-refractivity contribution in [1.29, 1.82) is 0 Å². The molecule has 1 heterocycles. The summed E-state index contributed by atoms with van der Waals surface area (Å²) in [6.45, 7) is 0.691. The summed E-state index contributed by atoms with van der Waals surface area (Å²) in [4.78, 5) is 36.0. The van der Waals surface area contributed by atoms with E-state index < -0.39 is 17.9 Å². The van der Waals surface area contributed by atoms with Crippen LogP contribution in [0.2, 0.25) is 0 Å². The Hall–Kier alpha value is -3.11. The molecule has 10 heteroatoms. The van der Waals surface area contributed by atoms with E-state index in [2.05, 4.69) is 16.0 Å². The lowest BCUT2D eigenvalue weighted by Crippen LogP contribution is -2.41. The third-order valence-corrected chi connectivity index (χ3v) is 6.48. The Morgan fingerprint density at radius 1 is 1.26 bits per heavy atom. The van der Waals surface area contributed by atoms with Gasteiger partial charge in [-0.3, -0.25) is 9.59 Å². The lowest BCUT2D eigenvalue weighted by Gasteiger charge is -2.17. The van der Waals surface area contributed by atoms with Crippen LogP contribution in [0.1, 0.15) is 35.2 Å². The molecule has 2 amide bonds. The maximum Gasteiger partial charge on any atom is 0.326 e. The van der Waals surface area contributed by atoms with Crippen LogP contribution in [-0.2, 0) is 20.9 Å². The van der Waals surface area contributed by atoms with E-state index in [1.165, 1.54) is 11.8 Å². The number of benzene rings is 2. The fourth-order valence-corrected chi connectivity index (χ4v) is 4.32. The van der Waals surface area contributed by atoms with E-state index in [-0.39, 0.29) is 23.7 Å². The van der Waals surface area contributed by atoms with E-state index in [1.54, 1.807) is 12.1 Å². The van der Waals surface area contributed by atoms with Crippen LogP contribution in [0.25, 0.3) is 11.1 Å². The van der Waals surface area contributed by atoms with Gasteiger partial charge in [0.2, 0.25) is 5.91 Å². The Labute approximate surface area is 214 Å². The van der Waals surface area contributed by atoms with Crippen LogP contribution in [0.4, 0.5) is 0 Å². The van der Waals surface area contributed by atoms with Gasteiger partial charge >= 0.3 is 5.97 Å². The molecule has 8 nitrogen and oxygen atoms in total. The number of hydrogen-bond acceptors (Lipinski definition) is 6. The number of rotatable bonds is 11. The summed E-state index contributed by atoms with van der Waals surface area (Å²) in [6.07, 6.45) is 3.51. The van der Waals surface area contributed by atoms with Gasteiger partial charge < -0.3 is 25.8 Å². The number of carbonyl (C=O) groups excluding carboxylic acids is 2. The maximum absolute atomic E-state index is 13.1. The Morgan fingerprint density at radius 2 is 2.03 bits per heavy atom. The van der Waals surface area contributed by atoms with Gasteiger partial charge in [-0.15, -0.1) is 0 Å². The Bertz CT molecular complexity index is 1060. The van der Waals surface area contributed by atoms with Crippen LogP contribution in [0.15, 0.2) is 48.5 Å². The van der Waals surface area contributed by atoms with Gasteiger partial charge in [0.1, 0.15) is 12.6 Å². The van der Waals surface area contributed by atoms with Crippen molar-refractivity contribution in [3.8, 4) is 11.1 Å². The summed E-state index contributed by atoms with van der Waals surface area (Å²) in [5.74, 6) is -0.835.